The standard InChI is InChI=1S/C40H35NO3/c1-26-27(2)37-35-10-6-4-8-33(35)34-9-5-7-11-36(34)38(37)39-32(26)20-21-40(44-39,29-14-18-31(42-3)19-15-29)28-12-16-30(17-13-28)41-22-24-43-25-23-41/h4-21H,22-25H2,1-3H3. The summed E-state index contributed by atoms with van der Waals surface area (Å²) >= 11 is 0. The number of rotatable bonds is 4. The van der Waals surface area contributed by atoms with Gasteiger partial charge in [0.2, 0.25) is 0 Å². The van der Waals surface area contributed by atoms with Crippen LogP contribution in [0.2, 0.25) is 0 Å². The molecule has 6 aromatic carbocycles. The number of hydrogen-bond donors (Lipinski definition) is 0. The summed E-state index contributed by atoms with van der Waals surface area (Å²) in [6.07, 6.45) is 4.52. The van der Waals surface area contributed by atoms with Gasteiger partial charge in [0.25, 0.3) is 0 Å². The third kappa shape index (κ3) is 4.01. The number of anilines is 1. The molecule has 0 radical (unpaired) electrons. The fraction of sp³-hybridized carbons (Fsp3) is 0.200. The van der Waals surface area contributed by atoms with E-state index >= 15 is 0 Å². The highest BCUT2D eigenvalue weighted by atomic mass is 16.5. The summed E-state index contributed by atoms with van der Waals surface area (Å²) in [5, 5.41) is 7.41. The number of hydrogen-bond acceptors (Lipinski definition) is 4. The molecule has 4 nitrogen and oxygen atoms in total. The Balaban J connectivity index is 1.40. The van der Waals surface area contributed by atoms with Crippen LogP contribution in [0, 0.1) is 13.8 Å². The van der Waals surface area contributed by atoms with Crippen molar-refractivity contribution >= 4 is 44.1 Å². The number of benzene rings is 6. The second-order valence-electron chi connectivity index (χ2n) is 11.9. The first-order chi connectivity index (χ1) is 21.6. The highest BCUT2D eigenvalue weighted by Crippen LogP contribution is 2.51. The fourth-order valence-electron chi connectivity index (χ4n) is 7.22. The van der Waals surface area contributed by atoms with Crippen LogP contribution in [-0.2, 0) is 10.3 Å². The van der Waals surface area contributed by atoms with E-state index in [0.717, 1.165) is 54.5 Å². The van der Waals surface area contributed by atoms with Gasteiger partial charge in [-0.2, -0.15) is 0 Å². The van der Waals surface area contributed by atoms with Crippen LogP contribution in [0.1, 0.15) is 27.8 Å². The maximum atomic E-state index is 7.50. The van der Waals surface area contributed by atoms with Crippen LogP contribution in [0.3, 0.4) is 0 Å². The van der Waals surface area contributed by atoms with Gasteiger partial charge in [-0.1, -0.05) is 78.9 Å². The molecule has 4 heteroatoms. The van der Waals surface area contributed by atoms with Crippen molar-refractivity contribution in [2.45, 2.75) is 19.4 Å². The molecular formula is C40H35NO3. The molecule has 44 heavy (non-hydrogen) atoms. The Labute approximate surface area is 258 Å². The third-order valence-corrected chi connectivity index (χ3v) is 9.69. The zero-order chi connectivity index (χ0) is 29.8. The number of nitrogens with zero attached hydrogens (tertiary/aromatic N) is 1. The molecule has 0 aromatic heterocycles. The van der Waals surface area contributed by atoms with Crippen molar-refractivity contribution in [2.24, 2.45) is 0 Å². The highest BCUT2D eigenvalue weighted by molar-refractivity contribution is 6.28. The Morgan fingerprint density at radius 2 is 1.23 bits per heavy atom. The quantitative estimate of drug-likeness (QED) is 0.196. The van der Waals surface area contributed by atoms with Gasteiger partial charge in [0.05, 0.1) is 20.3 Å². The molecule has 0 N–H and O–H groups in total. The first-order valence-electron chi connectivity index (χ1n) is 15.4. The topological polar surface area (TPSA) is 30.9 Å². The maximum Gasteiger partial charge on any atom is 0.178 e. The number of methoxy groups -OCH3 is 1. The SMILES string of the molecule is COc1ccc(C2(c3ccc(N4CCOCC4)cc3)C=Cc3c(C)c(C)c4c5ccccc5c5ccccc5c4c3O2)cc1. The lowest BCUT2D eigenvalue weighted by molar-refractivity contribution is 0.122. The van der Waals surface area contributed by atoms with Gasteiger partial charge in [-0.15, -0.1) is 0 Å². The van der Waals surface area contributed by atoms with Gasteiger partial charge in [0.15, 0.2) is 5.60 Å². The van der Waals surface area contributed by atoms with Crippen molar-refractivity contribution in [2.75, 3.05) is 38.3 Å². The van der Waals surface area contributed by atoms with Gasteiger partial charge in [-0.25, -0.2) is 0 Å². The van der Waals surface area contributed by atoms with Crippen LogP contribution >= 0.6 is 0 Å². The van der Waals surface area contributed by atoms with Crippen molar-refractivity contribution in [1.82, 2.24) is 0 Å². The maximum absolute atomic E-state index is 7.50. The van der Waals surface area contributed by atoms with E-state index in [2.05, 4.69) is 116 Å². The minimum absolute atomic E-state index is 0.759. The molecule has 2 aliphatic heterocycles. The smallest absolute Gasteiger partial charge is 0.178 e. The van der Waals surface area contributed by atoms with Gasteiger partial charge in [-0.05, 0) is 82.2 Å². The van der Waals surface area contributed by atoms with Gasteiger partial charge in [0.1, 0.15) is 11.5 Å². The predicted octanol–water partition coefficient (Wildman–Crippen LogP) is 8.96. The molecule has 1 fully saturated rings. The van der Waals surface area contributed by atoms with Crippen molar-refractivity contribution in [3.05, 3.63) is 131 Å². The van der Waals surface area contributed by atoms with Crippen LogP contribution in [0.4, 0.5) is 5.69 Å². The Kier molecular flexibility index (Phi) is 6.35. The second-order valence-corrected chi connectivity index (χ2v) is 11.9. The molecule has 0 saturated carbocycles. The number of ether oxygens (including phenoxy) is 3. The Hall–Kier alpha value is -4.80. The van der Waals surface area contributed by atoms with Crippen LogP contribution in [-0.4, -0.2) is 33.4 Å². The summed E-state index contributed by atoms with van der Waals surface area (Å²) in [5.74, 6) is 1.75. The van der Waals surface area contributed by atoms with Crippen LogP contribution < -0.4 is 14.4 Å². The molecule has 0 amide bonds. The van der Waals surface area contributed by atoms with Gasteiger partial charge < -0.3 is 19.1 Å². The van der Waals surface area contributed by atoms with E-state index in [9.17, 15) is 0 Å². The molecule has 0 bridgehead atoms. The fourth-order valence-corrected chi connectivity index (χ4v) is 7.22. The Morgan fingerprint density at radius 1 is 0.659 bits per heavy atom. The normalized spacial score (nSPS) is 18.0. The van der Waals surface area contributed by atoms with Crippen molar-refractivity contribution in [1.29, 1.82) is 0 Å². The first kappa shape index (κ1) is 26.8. The predicted molar refractivity (Wildman–Crippen MR) is 181 cm³/mol. The molecule has 1 saturated heterocycles. The third-order valence-electron chi connectivity index (χ3n) is 9.69. The van der Waals surface area contributed by atoms with Gasteiger partial charge in [0, 0.05) is 40.9 Å². The van der Waals surface area contributed by atoms with E-state index in [1.807, 2.05) is 12.1 Å². The number of morpholine rings is 1. The van der Waals surface area contributed by atoms with Crippen molar-refractivity contribution in [3.63, 3.8) is 0 Å². The molecule has 0 aliphatic carbocycles. The second kappa shape index (κ2) is 10.4. The van der Waals surface area contributed by atoms with E-state index in [1.54, 1.807) is 7.11 Å². The number of fused-ring (bicyclic) bond motifs is 8. The van der Waals surface area contributed by atoms with Crippen LogP contribution in [0.25, 0.3) is 38.4 Å². The Bertz CT molecular complexity index is 2070. The highest BCUT2D eigenvalue weighted by Gasteiger charge is 2.39. The van der Waals surface area contributed by atoms with E-state index in [1.165, 1.54) is 49.1 Å². The minimum atomic E-state index is -0.829. The summed E-state index contributed by atoms with van der Waals surface area (Å²) in [6, 6.07) is 34.7. The summed E-state index contributed by atoms with van der Waals surface area (Å²) in [5.41, 5.74) is 6.19. The first-order valence-corrected chi connectivity index (χ1v) is 15.4. The zero-order valence-corrected chi connectivity index (χ0v) is 25.4. The lowest BCUT2D eigenvalue weighted by atomic mass is 9.81. The average molecular weight is 578 g/mol. The lowest BCUT2D eigenvalue weighted by Gasteiger charge is -2.38. The van der Waals surface area contributed by atoms with Crippen LogP contribution in [0.5, 0.6) is 11.5 Å². The largest absolute Gasteiger partial charge is 0.497 e. The molecule has 2 aliphatic rings. The minimum Gasteiger partial charge on any atom is -0.497 e. The summed E-state index contributed by atoms with van der Waals surface area (Å²) < 4.78 is 18.6. The van der Waals surface area contributed by atoms with Crippen molar-refractivity contribution < 1.29 is 14.2 Å². The lowest BCUT2D eigenvalue weighted by Crippen LogP contribution is -2.37. The van der Waals surface area contributed by atoms with E-state index in [4.69, 9.17) is 14.2 Å². The monoisotopic (exact) mass is 577 g/mol. The Morgan fingerprint density at radius 3 is 1.84 bits per heavy atom. The molecule has 8 rings (SSSR count). The molecule has 0 spiro atoms. The van der Waals surface area contributed by atoms with E-state index in [-0.39, 0.29) is 0 Å². The van der Waals surface area contributed by atoms with Crippen molar-refractivity contribution in [3.8, 4) is 11.5 Å². The van der Waals surface area contributed by atoms with E-state index < -0.39 is 5.60 Å². The summed E-state index contributed by atoms with van der Waals surface area (Å²) in [4.78, 5) is 2.39. The van der Waals surface area contributed by atoms with Gasteiger partial charge in [-0.3, -0.25) is 0 Å². The zero-order valence-electron chi connectivity index (χ0n) is 25.4. The number of aryl methyl sites for hydroxylation is 1. The average Bonchev–Trinajstić information content (AvgIpc) is 3.10. The summed E-state index contributed by atoms with van der Waals surface area (Å²) in [7, 11) is 1.70. The van der Waals surface area contributed by atoms with Crippen LogP contribution in [0.15, 0.2) is 103 Å². The summed E-state index contributed by atoms with van der Waals surface area (Å²) in [6.45, 7) is 7.80. The molecule has 2 heterocycles. The molecule has 6 aromatic rings. The molecule has 1 atom stereocenters. The van der Waals surface area contributed by atoms with E-state index in [0.29, 0.717) is 0 Å². The molecular weight excluding hydrogens is 542 g/mol. The van der Waals surface area contributed by atoms with Gasteiger partial charge >= 0.3 is 0 Å². The molecule has 218 valence electrons. The molecule has 1 unspecified atom stereocenters.